The third-order valence-electron chi connectivity index (χ3n) is 2.97. The Balaban J connectivity index is 2.25. The molecule has 0 atom stereocenters. The quantitative estimate of drug-likeness (QED) is 0.658. The normalized spacial score (nSPS) is 12.0. The van der Waals surface area contributed by atoms with Crippen molar-refractivity contribution in [1.29, 1.82) is 0 Å². The van der Waals surface area contributed by atoms with Crippen LogP contribution in [0.1, 0.15) is 5.56 Å². The van der Waals surface area contributed by atoms with Crippen LogP contribution in [0.15, 0.2) is 42.6 Å². The highest BCUT2D eigenvalue weighted by atomic mass is 19.4. The lowest BCUT2D eigenvalue weighted by molar-refractivity contribution is -0.137. The van der Waals surface area contributed by atoms with Gasteiger partial charge in [0.25, 0.3) is 0 Å². The summed E-state index contributed by atoms with van der Waals surface area (Å²) in [6, 6.07) is 7.32. The number of benzene rings is 1. The van der Waals surface area contributed by atoms with Gasteiger partial charge in [-0.2, -0.15) is 13.2 Å². The van der Waals surface area contributed by atoms with Crippen LogP contribution >= 0.6 is 0 Å². The number of pyridine rings is 1. The molecule has 0 fully saturated rings. The molecule has 0 saturated heterocycles. The number of nitrogens with one attached hydrogen (secondary N) is 1. The first-order chi connectivity index (χ1) is 9.45. The third-order valence-corrected chi connectivity index (χ3v) is 2.97. The summed E-state index contributed by atoms with van der Waals surface area (Å²) in [5.41, 5.74) is -0.466. The molecule has 0 saturated carbocycles. The van der Waals surface area contributed by atoms with Crippen LogP contribution in [0, 0.1) is 5.82 Å². The number of aromatic amines is 1. The second kappa shape index (κ2) is 4.33. The maximum atomic E-state index is 13.3. The summed E-state index contributed by atoms with van der Waals surface area (Å²) in [6.45, 7) is 0. The number of hydrogen-bond acceptors (Lipinski definition) is 1. The first-order valence-electron chi connectivity index (χ1n) is 5.76. The lowest BCUT2D eigenvalue weighted by Gasteiger charge is -2.11. The topological polar surface area (TPSA) is 28.7 Å². The van der Waals surface area contributed by atoms with Gasteiger partial charge in [0, 0.05) is 22.8 Å². The van der Waals surface area contributed by atoms with Gasteiger partial charge < -0.3 is 4.98 Å². The van der Waals surface area contributed by atoms with Crippen LogP contribution < -0.4 is 0 Å². The molecule has 0 aliphatic rings. The van der Waals surface area contributed by atoms with Crippen molar-refractivity contribution in [1.82, 2.24) is 9.97 Å². The zero-order chi connectivity index (χ0) is 14.3. The molecule has 0 aliphatic carbocycles. The molecule has 6 heteroatoms. The number of hydrogen-bond donors (Lipinski definition) is 1. The van der Waals surface area contributed by atoms with E-state index < -0.39 is 17.6 Å². The van der Waals surface area contributed by atoms with Crippen LogP contribution in [0.4, 0.5) is 17.6 Å². The third kappa shape index (κ3) is 2.13. The average molecular weight is 280 g/mol. The monoisotopic (exact) mass is 280 g/mol. The van der Waals surface area contributed by atoms with Crippen LogP contribution in [0.3, 0.4) is 0 Å². The van der Waals surface area contributed by atoms with Crippen molar-refractivity contribution in [2.75, 3.05) is 0 Å². The minimum atomic E-state index is -4.55. The minimum Gasteiger partial charge on any atom is -0.339 e. The van der Waals surface area contributed by atoms with Crippen LogP contribution in [0.5, 0.6) is 0 Å². The average Bonchev–Trinajstić information content (AvgIpc) is 2.80. The van der Waals surface area contributed by atoms with Crippen LogP contribution in [-0.4, -0.2) is 9.97 Å². The molecule has 20 heavy (non-hydrogen) atoms. The standard InChI is InChI=1S/C14H8F4N2/c15-9-3-4-11(14(16,17)18)10(7-9)12-6-8-2-1-5-19-13(8)20-12/h1-7H,(H,19,20). The van der Waals surface area contributed by atoms with Gasteiger partial charge in [-0.3, -0.25) is 0 Å². The van der Waals surface area contributed by atoms with E-state index in [0.29, 0.717) is 11.0 Å². The Morgan fingerprint density at radius 1 is 1.05 bits per heavy atom. The summed E-state index contributed by atoms with van der Waals surface area (Å²) in [6.07, 6.45) is -3.02. The SMILES string of the molecule is Fc1ccc(C(F)(F)F)c(-c2cc3cccnc3[nH]2)c1. The van der Waals surface area contributed by atoms with Crippen LogP contribution in [0.25, 0.3) is 22.3 Å². The zero-order valence-electron chi connectivity index (χ0n) is 10.0. The minimum absolute atomic E-state index is 0.186. The van der Waals surface area contributed by atoms with E-state index in [0.717, 1.165) is 18.2 Å². The second-order valence-corrected chi connectivity index (χ2v) is 4.31. The molecule has 1 aromatic carbocycles. The highest BCUT2D eigenvalue weighted by Crippen LogP contribution is 2.37. The lowest BCUT2D eigenvalue weighted by Crippen LogP contribution is -2.07. The van der Waals surface area contributed by atoms with Gasteiger partial charge in [-0.15, -0.1) is 0 Å². The molecule has 2 heterocycles. The maximum Gasteiger partial charge on any atom is 0.417 e. The largest absolute Gasteiger partial charge is 0.417 e. The van der Waals surface area contributed by atoms with E-state index >= 15 is 0 Å². The smallest absolute Gasteiger partial charge is 0.339 e. The molecule has 0 unspecified atom stereocenters. The highest BCUT2D eigenvalue weighted by Gasteiger charge is 2.34. The number of alkyl halides is 3. The van der Waals surface area contributed by atoms with Crippen molar-refractivity contribution in [3.8, 4) is 11.3 Å². The number of aromatic nitrogens is 2. The Kier molecular flexibility index (Phi) is 2.74. The molecule has 3 rings (SSSR count). The maximum absolute atomic E-state index is 13.3. The Morgan fingerprint density at radius 2 is 1.85 bits per heavy atom. The van der Waals surface area contributed by atoms with Crippen LogP contribution in [-0.2, 0) is 6.18 Å². The van der Waals surface area contributed by atoms with E-state index in [1.807, 2.05) is 0 Å². The number of rotatable bonds is 1. The first kappa shape index (κ1) is 12.7. The summed E-state index contributed by atoms with van der Waals surface area (Å²) < 4.78 is 52.2. The number of halogens is 4. The van der Waals surface area contributed by atoms with Crippen molar-refractivity contribution in [2.45, 2.75) is 6.18 Å². The van der Waals surface area contributed by atoms with Gasteiger partial charge in [0.05, 0.1) is 5.56 Å². The van der Waals surface area contributed by atoms with Gasteiger partial charge >= 0.3 is 6.18 Å². The molecule has 0 spiro atoms. The Hall–Kier alpha value is -2.37. The fraction of sp³-hybridized carbons (Fsp3) is 0.0714. The Morgan fingerprint density at radius 3 is 2.55 bits per heavy atom. The summed E-state index contributed by atoms with van der Waals surface area (Å²) in [4.78, 5) is 6.78. The molecule has 0 bridgehead atoms. The van der Waals surface area contributed by atoms with E-state index in [-0.39, 0.29) is 11.3 Å². The molecular formula is C14H8F4N2. The van der Waals surface area contributed by atoms with Gasteiger partial charge in [0.1, 0.15) is 11.5 Å². The van der Waals surface area contributed by atoms with Crippen molar-refractivity contribution in [3.63, 3.8) is 0 Å². The fourth-order valence-corrected chi connectivity index (χ4v) is 2.09. The molecule has 2 nitrogen and oxygen atoms in total. The molecule has 0 aliphatic heterocycles. The van der Waals surface area contributed by atoms with E-state index in [4.69, 9.17) is 0 Å². The molecule has 0 radical (unpaired) electrons. The number of H-pyrrole nitrogens is 1. The van der Waals surface area contributed by atoms with E-state index in [2.05, 4.69) is 9.97 Å². The van der Waals surface area contributed by atoms with Crippen molar-refractivity contribution < 1.29 is 17.6 Å². The second-order valence-electron chi connectivity index (χ2n) is 4.31. The van der Waals surface area contributed by atoms with Gasteiger partial charge in [-0.25, -0.2) is 9.37 Å². The van der Waals surface area contributed by atoms with Gasteiger partial charge in [0.15, 0.2) is 0 Å². The van der Waals surface area contributed by atoms with Gasteiger partial charge in [-0.05, 0) is 36.4 Å². The Labute approximate surface area is 111 Å². The lowest BCUT2D eigenvalue weighted by atomic mass is 10.0. The van der Waals surface area contributed by atoms with Gasteiger partial charge in [0.2, 0.25) is 0 Å². The van der Waals surface area contributed by atoms with E-state index in [1.165, 1.54) is 12.3 Å². The summed E-state index contributed by atoms with van der Waals surface area (Å²) in [5.74, 6) is -0.723. The van der Waals surface area contributed by atoms with Crippen molar-refractivity contribution in [2.24, 2.45) is 0 Å². The van der Waals surface area contributed by atoms with E-state index in [1.54, 1.807) is 12.1 Å². The zero-order valence-corrected chi connectivity index (χ0v) is 10.0. The summed E-state index contributed by atoms with van der Waals surface area (Å²) >= 11 is 0. The van der Waals surface area contributed by atoms with Gasteiger partial charge in [-0.1, -0.05) is 0 Å². The number of nitrogens with zero attached hydrogens (tertiary/aromatic N) is 1. The molecular weight excluding hydrogens is 272 g/mol. The molecule has 1 N–H and O–H groups in total. The van der Waals surface area contributed by atoms with Crippen molar-refractivity contribution >= 4 is 11.0 Å². The van der Waals surface area contributed by atoms with Crippen molar-refractivity contribution in [3.05, 3.63) is 54.0 Å². The van der Waals surface area contributed by atoms with E-state index in [9.17, 15) is 17.6 Å². The first-order valence-corrected chi connectivity index (χ1v) is 5.76. The summed E-state index contributed by atoms with van der Waals surface area (Å²) in [7, 11) is 0. The Bertz CT molecular complexity index is 741. The predicted octanol–water partition coefficient (Wildman–Crippen LogP) is 4.39. The molecule has 0 amide bonds. The number of fused-ring (bicyclic) bond motifs is 1. The van der Waals surface area contributed by atoms with Crippen LogP contribution in [0.2, 0.25) is 0 Å². The molecule has 2 aromatic heterocycles. The molecule has 3 aromatic rings. The fourth-order valence-electron chi connectivity index (χ4n) is 2.09. The predicted molar refractivity (Wildman–Crippen MR) is 66.5 cm³/mol. The highest BCUT2D eigenvalue weighted by molar-refractivity contribution is 5.83. The summed E-state index contributed by atoms with van der Waals surface area (Å²) in [5, 5.41) is 0.667. The molecule has 102 valence electrons.